The maximum absolute atomic E-state index is 13.3. The third-order valence-corrected chi connectivity index (χ3v) is 6.86. The number of carbonyl (C=O) groups excluding carboxylic acids is 2. The van der Waals surface area contributed by atoms with E-state index < -0.39 is 17.7 Å². The van der Waals surface area contributed by atoms with E-state index in [9.17, 15) is 14.7 Å². The Morgan fingerprint density at radius 2 is 1.91 bits per heavy atom. The maximum atomic E-state index is 13.3. The molecule has 170 valence electrons. The first kappa shape index (κ1) is 21.3. The molecule has 0 radical (unpaired) electrons. The minimum absolute atomic E-state index is 0.00696. The highest BCUT2D eigenvalue weighted by atomic mass is 16.5. The van der Waals surface area contributed by atoms with Crippen molar-refractivity contribution in [3.8, 4) is 5.75 Å². The van der Waals surface area contributed by atoms with Gasteiger partial charge in [-0.3, -0.25) is 9.59 Å². The van der Waals surface area contributed by atoms with Gasteiger partial charge in [0.25, 0.3) is 11.7 Å². The third kappa shape index (κ3) is 3.50. The van der Waals surface area contributed by atoms with Crippen LogP contribution in [0.15, 0.2) is 54.2 Å². The number of likely N-dealkylation sites (tertiary alicyclic amines) is 1. The van der Waals surface area contributed by atoms with Crippen LogP contribution in [-0.2, 0) is 9.59 Å². The zero-order chi connectivity index (χ0) is 23.1. The molecule has 2 heterocycles. The summed E-state index contributed by atoms with van der Waals surface area (Å²) < 4.78 is 5.62. The standard InChI is InChI=1S/C27H28N2O4/c1-3-33-22-13-12-17(14-16(22)2)25(30)23-24(20-15-28-21-11-7-6-10-19(20)21)29(27(32)26(23)31)18-8-4-5-9-18/h6-7,10-15,18,24,28,30H,3-5,8-9H2,1-2H3/b25-23+. The van der Waals surface area contributed by atoms with E-state index >= 15 is 0 Å². The number of aliphatic hydroxyl groups is 1. The quantitative estimate of drug-likeness (QED) is 0.320. The molecule has 2 aliphatic rings. The molecule has 1 aliphatic heterocycles. The Morgan fingerprint density at radius 3 is 2.64 bits per heavy atom. The van der Waals surface area contributed by atoms with Crippen LogP contribution in [-0.4, -0.2) is 39.3 Å². The maximum Gasteiger partial charge on any atom is 0.295 e. The Bertz CT molecular complexity index is 1270. The number of hydrogen-bond donors (Lipinski definition) is 2. The van der Waals surface area contributed by atoms with Gasteiger partial charge in [0.05, 0.1) is 18.2 Å². The molecule has 1 saturated carbocycles. The summed E-state index contributed by atoms with van der Waals surface area (Å²) in [4.78, 5) is 31.6. The zero-order valence-electron chi connectivity index (χ0n) is 18.9. The molecular formula is C27H28N2O4. The number of benzene rings is 2. The van der Waals surface area contributed by atoms with E-state index in [-0.39, 0.29) is 17.4 Å². The number of ether oxygens (including phenoxy) is 1. The number of nitrogens with one attached hydrogen (secondary N) is 1. The molecule has 3 aromatic rings. The van der Waals surface area contributed by atoms with Crippen LogP contribution in [0.1, 0.15) is 55.3 Å². The van der Waals surface area contributed by atoms with Gasteiger partial charge < -0.3 is 19.7 Å². The minimum atomic E-state index is -0.629. The molecule has 1 amide bonds. The lowest BCUT2D eigenvalue weighted by molar-refractivity contribution is -0.141. The number of H-pyrrole nitrogens is 1. The van der Waals surface area contributed by atoms with Crippen LogP contribution in [0.5, 0.6) is 5.75 Å². The van der Waals surface area contributed by atoms with E-state index in [1.807, 2.05) is 44.3 Å². The minimum Gasteiger partial charge on any atom is -0.507 e. The van der Waals surface area contributed by atoms with Crippen molar-refractivity contribution < 1.29 is 19.4 Å². The molecular weight excluding hydrogens is 416 g/mol. The topological polar surface area (TPSA) is 82.6 Å². The Balaban J connectivity index is 1.69. The largest absolute Gasteiger partial charge is 0.507 e. The lowest BCUT2D eigenvalue weighted by Gasteiger charge is -2.30. The van der Waals surface area contributed by atoms with Gasteiger partial charge in [-0.25, -0.2) is 0 Å². The third-order valence-electron chi connectivity index (χ3n) is 6.86. The van der Waals surface area contributed by atoms with Crippen LogP contribution in [0, 0.1) is 6.92 Å². The molecule has 1 unspecified atom stereocenters. The van der Waals surface area contributed by atoms with Crippen molar-refractivity contribution in [2.24, 2.45) is 0 Å². The number of aromatic nitrogens is 1. The Hall–Kier alpha value is -3.54. The summed E-state index contributed by atoms with van der Waals surface area (Å²) in [6.45, 7) is 4.36. The number of carbonyl (C=O) groups is 2. The van der Waals surface area contributed by atoms with Gasteiger partial charge in [-0.2, -0.15) is 0 Å². The van der Waals surface area contributed by atoms with Gasteiger partial charge in [0.2, 0.25) is 0 Å². The number of ketones is 1. The zero-order valence-corrected chi connectivity index (χ0v) is 18.9. The first-order chi connectivity index (χ1) is 16.0. The van der Waals surface area contributed by atoms with Crippen molar-refractivity contribution in [2.45, 2.75) is 51.6 Å². The lowest BCUT2D eigenvalue weighted by atomic mass is 9.94. The van der Waals surface area contributed by atoms with Crippen LogP contribution < -0.4 is 4.74 Å². The number of Topliss-reactive ketones (excluding diaryl/α,β-unsaturated/α-hetero) is 1. The fraction of sp³-hybridized carbons (Fsp3) is 0.333. The number of hydrogen-bond acceptors (Lipinski definition) is 4. The molecule has 1 saturated heterocycles. The number of aromatic amines is 1. The number of fused-ring (bicyclic) bond motifs is 1. The fourth-order valence-electron chi connectivity index (χ4n) is 5.30. The highest BCUT2D eigenvalue weighted by Crippen LogP contribution is 2.45. The fourth-order valence-corrected chi connectivity index (χ4v) is 5.30. The van der Waals surface area contributed by atoms with Crippen molar-refractivity contribution in [3.63, 3.8) is 0 Å². The van der Waals surface area contributed by atoms with Crippen LogP contribution in [0.4, 0.5) is 0 Å². The van der Waals surface area contributed by atoms with E-state index in [0.717, 1.165) is 53.5 Å². The summed E-state index contributed by atoms with van der Waals surface area (Å²) in [5.74, 6) is -0.563. The van der Waals surface area contributed by atoms with E-state index in [4.69, 9.17) is 4.74 Å². The molecule has 5 rings (SSSR count). The number of amides is 1. The summed E-state index contributed by atoms with van der Waals surface area (Å²) in [6.07, 6.45) is 5.67. The summed E-state index contributed by atoms with van der Waals surface area (Å²) in [5.41, 5.74) is 3.28. The van der Waals surface area contributed by atoms with Crippen LogP contribution in [0.25, 0.3) is 16.7 Å². The Labute approximate surface area is 192 Å². The van der Waals surface area contributed by atoms with E-state index in [1.54, 1.807) is 23.1 Å². The van der Waals surface area contributed by atoms with Gasteiger partial charge in [-0.1, -0.05) is 31.0 Å². The van der Waals surface area contributed by atoms with Crippen molar-refractivity contribution in [1.29, 1.82) is 0 Å². The summed E-state index contributed by atoms with van der Waals surface area (Å²) in [7, 11) is 0. The van der Waals surface area contributed by atoms with Crippen molar-refractivity contribution in [2.75, 3.05) is 6.61 Å². The summed E-state index contributed by atoms with van der Waals surface area (Å²) in [5, 5.41) is 12.3. The van der Waals surface area contributed by atoms with Crippen LogP contribution in [0.2, 0.25) is 0 Å². The Kier molecular flexibility index (Phi) is 5.44. The molecule has 1 aromatic heterocycles. The summed E-state index contributed by atoms with van der Waals surface area (Å²) >= 11 is 0. The van der Waals surface area contributed by atoms with Gasteiger partial charge >= 0.3 is 0 Å². The second-order valence-electron chi connectivity index (χ2n) is 8.85. The average molecular weight is 445 g/mol. The van der Waals surface area contributed by atoms with Gasteiger partial charge in [0, 0.05) is 34.3 Å². The molecule has 2 fully saturated rings. The number of aliphatic hydroxyl groups excluding tert-OH is 1. The number of para-hydroxylation sites is 1. The predicted octanol–water partition coefficient (Wildman–Crippen LogP) is 5.24. The highest BCUT2D eigenvalue weighted by Gasteiger charge is 2.49. The van der Waals surface area contributed by atoms with Gasteiger partial charge in [-0.15, -0.1) is 0 Å². The van der Waals surface area contributed by atoms with E-state index in [1.165, 1.54) is 0 Å². The number of rotatable bonds is 5. The molecule has 1 atom stereocenters. The normalized spacial score (nSPS) is 20.8. The molecule has 6 nitrogen and oxygen atoms in total. The van der Waals surface area contributed by atoms with Crippen LogP contribution >= 0.6 is 0 Å². The Morgan fingerprint density at radius 1 is 1.15 bits per heavy atom. The smallest absolute Gasteiger partial charge is 0.295 e. The second kappa shape index (κ2) is 8.43. The molecule has 2 aromatic carbocycles. The molecule has 33 heavy (non-hydrogen) atoms. The van der Waals surface area contributed by atoms with Gasteiger partial charge in [0.1, 0.15) is 11.5 Å². The van der Waals surface area contributed by atoms with E-state index in [0.29, 0.717) is 12.2 Å². The van der Waals surface area contributed by atoms with Crippen molar-refractivity contribution in [3.05, 3.63) is 70.9 Å². The van der Waals surface area contributed by atoms with Gasteiger partial charge in [0.15, 0.2) is 0 Å². The van der Waals surface area contributed by atoms with Crippen molar-refractivity contribution >= 4 is 28.4 Å². The number of aryl methyl sites for hydroxylation is 1. The molecule has 6 heteroatoms. The highest BCUT2D eigenvalue weighted by molar-refractivity contribution is 6.46. The monoisotopic (exact) mass is 444 g/mol. The molecule has 0 bridgehead atoms. The number of nitrogens with zero attached hydrogens (tertiary/aromatic N) is 1. The average Bonchev–Trinajstić information content (AvgIpc) is 3.54. The van der Waals surface area contributed by atoms with Gasteiger partial charge in [-0.05, 0) is 56.5 Å². The summed E-state index contributed by atoms with van der Waals surface area (Å²) in [6, 6.07) is 12.5. The van der Waals surface area contributed by atoms with E-state index in [2.05, 4.69) is 4.98 Å². The lowest BCUT2D eigenvalue weighted by Crippen LogP contribution is -2.37. The molecule has 2 N–H and O–H groups in total. The second-order valence-corrected chi connectivity index (χ2v) is 8.85. The predicted molar refractivity (Wildman–Crippen MR) is 127 cm³/mol. The van der Waals surface area contributed by atoms with Crippen molar-refractivity contribution in [1.82, 2.24) is 9.88 Å². The first-order valence-electron chi connectivity index (χ1n) is 11.6. The molecule has 1 aliphatic carbocycles. The molecule has 0 spiro atoms. The first-order valence-corrected chi connectivity index (χ1v) is 11.6. The SMILES string of the molecule is CCOc1ccc(/C(O)=C2\C(=O)C(=O)N(C3CCCC3)C2c2c[nH]c3ccccc23)cc1C. The van der Waals surface area contributed by atoms with Crippen LogP contribution in [0.3, 0.4) is 0 Å².